The Morgan fingerprint density at radius 3 is 2.39 bits per heavy atom. The average molecular weight is 516 g/mol. The summed E-state index contributed by atoms with van der Waals surface area (Å²) in [5.74, 6) is 1.38. The zero-order valence-electron chi connectivity index (χ0n) is 20.4. The number of methoxy groups -OCH3 is 3. The van der Waals surface area contributed by atoms with E-state index >= 15 is 0 Å². The largest absolute Gasteiger partial charge is 0.493 e. The first-order valence-corrected chi connectivity index (χ1v) is 11.6. The molecule has 11 nitrogen and oxygen atoms in total. The highest BCUT2D eigenvalue weighted by molar-refractivity contribution is 7.16. The van der Waals surface area contributed by atoms with Crippen molar-refractivity contribution in [3.8, 4) is 23.0 Å². The van der Waals surface area contributed by atoms with Crippen LogP contribution in [0.3, 0.4) is 0 Å². The van der Waals surface area contributed by atoms with E-state index in [1.807, 2.05) is 0 Å². The minimum absolute atomic E-state index is 0.109. The number of carbonyl (C=O) groups excluding carboxylic acids is 1. The Morgan fingerprint density at radius 2 is 1.78 bits per heavy atom. The lowest BCUT2D eigenvalue weighted by Crippen LogP contribution is -2.52. The Balaban J connectivity index is 1.62. The average Bonchev–Trinajstić information content (AvgIpc) is 2.86. The molecule has 1 atom stereocenters. The maximum Gasteiger partial charge on any atom is 0.272 e. The van der Waals surface area contributed by atoms with Crippen LogP contribution in [0.1, 0.15) is 13.8 Å². The summed E-state index contributed by atoms with van der Waals surface area (Å²) in [6.45, 7) is 3.38. The fourth-order valence-corrected chi connectivity index (χ4v) is 3.94. The molecule has 0 fully saturated rings. The van der Waals surface area contributed by atoms with E-state index in [0.717, 1.165) is 6.20 Å². The molecule has 2 aromatic heterocycles. The molecule has 3 aromatic rings. The lowest BCUT2D eigenvalue weighted by molar-refractivity contribution is -0.132. The molecule has 1 aliphatic rings. The predicted octanol–water partition coefficient (Wildman–Crippen LogP) is 3.86. The summed E-state index contributed by atoms with van der Waals surface area (Å²) in [5, 5.41) is 5.84. The standard InChI is InChI=1S/C23H26FN6O5P/c1-23(2)21(31)30(11-36)20-14(35-23)6-7-17(28-20)27-19-13(24)10-25-22(29-19)26-12-8-15(32-3)18(34-5)16(9-12)33-4/h6-10H,11,36H2,1-5H3,(H2,25,26,27,28,29). The van der Waals surface area contributed by atoms with Crippen LogP contribution in [0.4, 0.5) is 33.5 Å². The monoisotopic (exact) mass is 516 g/mol. The summed E-state index contributed by atoms with van der Waals surface area (Å²) in [4.78, 5) is 26.9. The number of carbonyl (C=O) groups is 1. The lowest BCUT2D eigenvalue weighted by atomic mass is 10.1. The van der Waals surface area contributed by atoms with Crippen LogP contribution in [0.15, 0.2) is 30.5 Å². The zero-order chi connectivity index (χ0) is 26.0. The van der Waals surface area contributed by atoms with Gasteiger partial charge in [0.15, 0.2) is 40.3 Å². The van der Waals surface area contributed by atoms with Gasteiger partial charge in [0.25, 0.3) is 5.91 Å². The highest BCUT2D eigenvalue weighted by atomic mass is 31.0. The van der Waals surface area contributed by atoms with E-state index in [9.17, 15) is 9.18 Å². The number of anilines is 5. The van der Waals surface area contributed by atoms with Gasteiger partial charge in [-0.3, -0.25) is 9.69 Å². The molecule has 1 amide bonds. The van der Waals surface area contributed by atoms with Crippen LogP contribution in [-0.2, 0) is 4.79 Å². The van der Waals surface area contributed by atoms with Crippen LogP contribution < -0.4 is 34.5 Å². The van der Waals surface area contributed by atoms with Crippen molar-refractivity contribution in [3.63, 3.8) is 0 Å². The van der Waals surface area contributed by atoms with Crippen molar-refractivity contribution in [3.05, 3.63) is 36.3 Å². The number of hydrogen-bond donors (Lipinski definition) is 2. The van der Waals surface area contributed by atoms with E-state index in [0.29, 0.717) is 40.8 Å². The van der Waals surface area contributed by atoms with Crippen molar-refractivity contribution < 1.29 is 28.1 Å². The number of fused-ring (bicyclic) bond motifs is 1. The number of nitrogens with one attached hydrogen (secondary N) is 2. The third kappa shape index (κ3) is 4.76. The van der Waals surface area contributed by atoms with Crippen LogP contribution in [0.2, 0.25) is 0 Å². The Morgan fingerprint density at radius 1 is 1.08 bits per heavy atom. The van der Waals surface area contributed by atoms with Gasteiger partial charge in [0, 0.05) is 24.1 Å². The number of hydrogen-bond acceptors (Lipinski definition) is 10. The van der Waals surface area contributed by atoms with Gasteiger partial charge in [0.2, 0.25) is 11.7 Å². The smallest absolute Gasteiger partial charge is 0.272 e. The number of rotatable bonds is 8. The van der Waals surface area contributed by atoms with Gasteiger partial charge in [-0.05, 0) is 26.0 Å². The van der Waals surface area contributed by atoms with Gasteiger partial charge < -0.3 is 29.6 Å². The molecule has 36 heavy (non-hydrogen) atoms. The van der Waals surface area contributed by atoms with Crippen LogP contribution >= 0.6 is 9.24 Å². The molecule has 13 heteroatoms. The predicted molar refractivity (Wildman–Crippen MR) is 136 cm³/mol. The number of pyridine rings is 1. The lowest BCUT2D eigenvalue weighted by Gasteiger charge is -2.37. The van der Waals surface area contributed by atoms with Crippen LogP contribution in [-0.4, -0.2) is 54.1 Å². The van der Waals surface area contributed by atoms with E-state index in [1.54, 1.807) is 38.1 Å². The van der Waals surface area contributed by atoms with Gasteiger partial charge in [-0.2, -0.15) is 4.98 Å². The molecule has 1 aromatic carbocycles. The normalized spacial score (nSPS) is 14.0. The van der Waals surface area contributed by atoms with E-state index in [2.05, 4.69) is 34.8 Å². The molecule has 0 spiro atoms. The molecule has 2 N–H and O–H groups in total. The molecule has 0 radical (unpaired) electrons. The fraction of sp³-hybridized carbons (Fsp3) is 0.304. The number of benzene rings is 1. The number of aromatic nitrogens is 3. The van der Waals surface area contributed by atoms with Crippen LogP contribution in [0.25, 0.3) is 0 Å². The molecule has 4 rings (SSSR count). The van der Waals surface area contributed by atoms with E-state index in [-0.39, 0.29) is 23.5 Å². The molecular formula is C23H26FN6O5P. The number of ether oxygens (including phenoxy) is 4. The second-order valence-corrected chi connectivity index (χ2v) is 8.47. The van der Waals surface area contributed by atoms with Crippen molar-refractivity contribution >= 4 is 44.2 Å². The summed E-state index contributed by atoms with van der Waals surface area (Å²) in [7, 11) is 7.01. The molecular weight excluding hydrogens is 490 g/mol. The van der Waals surface area contributed by atoms with Crippen molar-refractivity contribution in [2.75, 3.05) is 43.1 Å². The first-order chi connectivity index (χ1) is 17.2. The van der Waals surface area contributed by atoms with Crippen molar-refractivity contribution in [2.45, 2.75) is 19.4 Å². The fourth-order valence-electron chi connectivity index (χ4n) is 3.61. The Hall–Kier alpha value is -3.92. The first-order valence-electron chi connectivity index (χ1n) is 10.8. The van der Waals surface area contributed by atoms with Crippen LogP contribution in [0, 0.1) is 5.82 Å². The first kappa shape index (κ1) is 25.2. The second kappa shape index (κ2) is 9.98. The van der Waals surface area contributed by atoms with Gasteiger partial charge in [0.05, 0.1) is 27.5 Å². The van der Waals surface area contributed by atoms with Gasteiger partial charge in [0.1, 0.15) is 5.82 Å². The Kier molecular flexibility index (Phi) is 6.98. The van der Waals surface area contributed by atoms with Gasteiger partial charge in [-0.15, -0.1) is 9.24 Å². The summed E-state index contributed by atoms with van der Waals surface area (Å²) >= 11 is 0. The SMILES string of the molecule is COc1cc(Nc2ncc(F)c(Nc3ccc4c(n3)N(CP)C(=O)C(C)(C)O4)n2)cc(OC)c1OC. The van der Waals surface area contributed by atoms with Crippen LogP contribution in [0.5, 0.6) is 23.0 Å². The maximum atomic E-state index is 14.6. The molecule has 0 bridgehead atoms. The number of halogens is 1. The second-order valence-electron chi connectivity index (χ2n) is 8.10. The third-order valence-corrected chi connectivity index (χ3v) is 5.68. The molecule has 0 saturated carbocycles. The quantitative estimate of drug-likeness (QED) is 0.427. The summed E-state index contributed by atoms with van der Waals surface area (Å²) in [5.41, 5.74) is -0.491. The van der Waals surface area contributed by atoms with Crippen molar-refractivity contribution in [1.29, 1.82) is 0 Å². The zero-order valence-corrected chi connectivity index (χ0v) is 21.5. The molecule has 3 heterocycles. The summed E-state index contributed by atoms with van der Waals surface area (Å²) in [6, 6.07) is 6.62. The van der Waals surface area contributed by atoms with E-state index in [4.69, 9.17) is 18.9 Å². The van der Waals surface area contributed by atoms with Gasteiger partial charge in [-0.1, -0.05) is 0 Å². The molecule has 0 aliphatic carbocycles. The highest BCUT2D eigenvalue weighted by Crippen LogP contribution is 2.41. The van der Waals surface area contributed by atoms with E-state index < -0.39 is 11.4 Å². The minimum Gasteiger partial charge on any atom is -0.493 e. The van der Waals surface area contributed by atoms with Gasteiger partial charge >= 0.3 is 0 Å². The van der Waals surface area contributed by atoms with Crippen molar-refractivity contribution in [2.24, 2.45) is 0 Å². The Labute approximate surface area is 209 Å². The highest BCUT2D eigenvalue weighted by Gasteiger charge is 2.41. The Bertz CT molecular complexity index is 1280. The molecule has 1 unspecified atom stereocenters. The molecule has 190 valence electrons. The molecule has 1 aliphatic heterocycles. The minimum atomic E-state index is -1.02. The van der Waals surface area contributed by atoms with Gasteiger partial charge in [-0.25, -0.2) is 14.4 Å². The summed E-state index contributed by atoms with van der Waals surface area (Å²) < 4.78 is 36.4. The third-order valence-electron chi connectivity index (χ3n) is 5.31. The molecule has 0 saturated heterocycles. The van der Waals surface area contributed by atoms with Crippen molar-refractivity contribution in [1.82, 2.24) is 15.0 Å². The number of nitrogens with zero attached hydrogens (tertiary/aromatic N) is 4. The maximum absolute atomic E-state index is 14.6. The van der Waals surface area contributed by atoms with E-state index in [1.165, 1.54) is 26.2 Å². The topological polar surface area (TPSA) is 120 Å². The number of amides is 1. The summed E-state index contributed by atoms with van der Waals surface area (Å²) in [6.07, 6.45) is 1.35.